The van der Waals surface area contributed by atoms with Crippen LogP contribution in [0, 0.1) is 0 Å². The van der Waals surface area contributed by atoms with Gasteiger partial charge in [0.05, 0.1) is 35.0 Å². The van der Waals surface area contributed by atoms with Crippen LogP contribution in [0.3, 0.4) is 0 Å². The monoisotopic (exact) mass is 481 g/mol. The largest absolute Gasteiger partial charge is 0.494 e. The van der Waals surface area contributed by atoms with Crippen molar-refractivity contribution in [2.45, 2.75) is 26.2 Å². The van der Waals surface area contributed by atoms with Crippen LogP contribution >= 0.6 is 11.3 Å². The molecule has 0 radical (unpaired) electrons. The highest BCUT2D eigenvalue weighted by molar-refractivity contribution is 7.18. The van der Waals surface area contributed by atoms with Crippen molar-refractivity contribution >= 4 is 55.9 Å². The molecule has 4 rings (SSSR count). The lowest BCUT2D eigenvalue weighted by atomic mass is 10.1. The van der Waals surface area contributed by atoms with Crippen molar-refractivity contribution in [3.63, 3.8) is 0 Å². The Morgan fingerprint density at radius 2 is 1.91 bits per heavy atom. The van der Waals surface area contributed by atoms with Gasteiger partial charge in [0, 0.05) is 26.1 Å². The summed E-state index contributed by atoms with van der Waals surface area (Å²) in [5.41, 5.74) is 9.00. The average molecular weight is 482 g/mol. The molecule has 1 fully saturated rings. The predicted octanol–water partition coefficient (Wildman–Crippen LogP) is 4.67. The number of nitrogens with two attached hydrogens (primary N) is 1. The van der Waals surface area contributed by atoms with Crippen LogP contribution in [0.4, 0.5) is 38.7 Å². The zero-order valence-electron chi connectivity index (χ0n) is 19.5. The summed E-state index contributed by atoms with van der Waals surface area (Å²) in [4.78, 5) is 14.2. The SMILES string of the molecule is COc1cc(N=Nc2sc(N3CCCCC3)n[n+]2C)c(NC(C)=O)cc1Nc1ccccc1N. The number of benzene rings is 2. The van der Waals surface area contributed by atoms with Crippen molar-refractivity contribution < 1.29 is 14.2 Å². The van der Waals surface area contributed by atoms with Gasteiger partial charge in [0.15, 0.2) is 0 Å². The zero-order chi connectivity index (χ0) is 24.1. The fourth-order valence-corrected chi connectivity index (χ4v) is 4.59. The number of methoxy groups -OCH3 is 1. The van der Waals surface area contributed by atoms with Crippen LogP contribution in [0.5, 0.6) is 5.75 Å². The molecule has 1 aromatic heterocycles. The number of piperidine rings is 1. The first-order chi connectivity index (χ1) is 16.4. The van der Waals surface area contributed by atoms with Crippen LogP contribution in [0.15, 0.2) is 46.6 Å². The normalized spacial score (nSPS) is 13.8. The Morgan fingerprint density at radius 3 is 2.62 bits per heavy atom. The number of azo groups is 1. The highest BCUT2D eigenvalue weighted by atomic mass is 32.1. The maximum Gasteiger partial charge on any atom is 0.431 e. The van der Waals surface area contributed by atoms with E-state index in [0.717, 1.165) is 23.9 Å². The minimum Gasteiger partial charge on any atom is -0.494 e. The molecule has 1 amide bonds. The number of hydrogen-bond acceptors (Lipinski definition) is 9. The van der Waals surface area contributed by atoms with E-state index in [9.17, 15) is 4.79 Å². The molecule has 1 saturated heterocycles. The van der Waals surface area contributed by atoms with Gasteiger partial charge in [-0.2, -0.15) is 0 Å². The molecule has 3 aromatic rings. The topological polar surface area (TPSA) is 121 Å². The van der Waals surface area contributed by atoms with E-state index in [1.54, 1.807) is 30.0 Å². The minimum atomic E-state index is -0.220. The summed E-state index contributed by atoms with van der Waals surface area (Å²) >= 11 is 1.49. The molecule has 178 valence electrons. The molecule has 0 unspecified atom stereocenters. The number of para-hydroxylation sites is 2. The Bertz CT molecular complexity index is 1200. The van der Waals surface area contributed by atoms with Crippen LogP contribution in [0.25, 0.3) is 0 Å². The number of ether oxygens (including phenoxy) is 1. The van der Waals surface area contributed by atoms with Crippen LogP contribution in [0.2, 0.25) is 0 Å². The van der Waals surface area contributed by atoms with E-state index in [4.69, 9.17) is 10.5 Å². The molecule has 0 aliphatic carbocycles. The molecule has 2 aromatic carbocycles. The third-order valence-electron chi connectivity index (χ3n) is 5.42. The number of aromatic nitrogens is 2. The number of rotatable bonds is 7. The van der Waals surface area contributed by atoms with E-state index in [2.05, 4.69) is 30.9 Å². The second-order valence-corrected chi connectivity index (χ2v) is 8.94. The zero-order valence-corrected chi connectivity index (χ0v) is 20.4. The maximum atomic E-state index is 11.9. The quantitative estimate of drug-likeness (QED) is 0.256. The lowest BCUT2D eigenvalue weighted by Crippen LogP contribution is -2.33. The van der Waals surface area contributed by atoms with Gasteiger partial charge in [-0.3, -0.25) is 4.79 Å². The Balaban J connectivity index is 1.65. The Kier molecular flexibility index (Phi) is 7.21. The minimum absolute atomic E-state index is 0.220. The maximum absolute atomic E-state index is 11.9. The molecule has 0 spiro atoms. The molecule has 10 nitrogen and oxygen atoms in total. The van der Waals surface area contributed by atoms with Crippen molar-refractivity contribution in [3.05, 3.63) is 36.4 Å². The second-order valence-electron chi connectivity index (χ2n) is 8.00. The third-order valence-corrected chi connectivity index (χ3v) is 6.47. The summed E-state index contributed by atoms with van der Waals surface area (Å²) in [5, 5.41) is 21.2. The number of nitrogens with one attached hydrogen (secondary N) is 2. The lowest BCUT2D eigenvalue weighted by molar-refractivity contribution is -0.712. The van der Waals surface area contributed by atoms with Gasteiger partial charge < -0.3 is 26.0 Å². The second kappa shape index (κ2) is 10.5. The van der Waals surface area contributed by atoms with Crippen LogP contribution < -0.4 is 30.7 Å². The van der Waals surface area contributed by atoms with E-state index in [1.165, 1.54) is 37.5 Å². The van der Waals surface area contributed by atoms with E-state index < -0.39 is 0 Å². The highest BCUT2D eigenvalue weighted by Crippen LogP contribution is 2.40. The first-order valence-corrected chi connectivity index (χ1v) is 11.9. The highest BCUT2D eigenvalue weighted by Gasteiger charge is 2.22. The Labute approximate surface area is 202 Å². The van der Waals surface area contributed by atoms with Gasteiger partial charge in [0.25, 0.3) is 0 Å². The number of hydrogen-bond donors (Lipinski definition) is 3. The van der Waals surface area contributed by atoms with Crippen molar-refractivity contribution in [3.8, 4) is 5.75 Å². The van der Waals surface area contributed by atoms with Crippen molar-refractivity contribution in [2.75, 3.05) is 41.5 Å². The number of nitrogens with zero attached hydrogens (tertiary/aromatic N) is 5. The first-order valence-electron chi connectivity index (χ1n) is 11.1. The van der Waals surface area contributed by atoms with Gasteiger partial charge in [-0.25, -0.2) is 0 Å². The first kappa shape index (κ1) is 23.4. The van der Waals surface area contributed by atoms with Gasteiger partial charge >= 0.3 is 5.13 Å². The lowest BCUT2D eigenvalue weighted by Gasteiger charge is -2.24. The summed E-state index contributed by atoms with van der Waals surface area (Å²) in [7, 11) is 3.42. The van der Waals surface area contributed by atoms with Crippen LogP contribution in [-0.4, -0.2) is 31.2 Å². The molecule has 0 atom stereocenters. The van der Waals surface area contributed by atoms with Gasteiger partial charge in [-0.05, 0) is 53.9 Å². The Morgan fingerprint density at radius 1 is 1.15 bits per heavy atom. The van der Waals surface area contributed by atoms with Crippen molar-refractivity contribution in [2.24, 2.45) is 17.3 Å². The fourth-order valence-electron chi connectivity index (χ4n) is 3.70. The molecule has 1 aliphatic heterocycles. The summed E-state index contributed by atoms with van der Waals surface area (Å²) in [5.74, 6) is 0.316. The number of carbonyl (C=O) groups excluding carboxylic acids is 1. The number of anilines is 5. The predicted molar refractivity (Wildman–Crippen MR) is 135 cm³/mol. The van der Waals surface area contributed by atoms with Gasteiger partial charge in [-0.15, -0.1) is 4.68 Å². The summed E-state index contributed by atoms with van der Waals surface area (Å²) in [6, 6.07) is 10.9. The number of carbonyl (C=O) groups is 1. The number of nitrogen functional groups attached to an aromatic ring is 1. The molecule has 0 saturated carbocycles. The van der Waals surface area contributed by atoms with Crippen molar-refractivity contribution in [1.29, 1.82) is 0 Å². The number of aryl methyl sites for hydroxylation is 1. The summed E-state index contributed by atoms with van der Waals surface area (Å²) in [6.45, 7) is 3.46. The molecule has 11 heteroatoms. The summed E-state index contributed by atoms with van der Waals surface area (Å²) in [6.07, 6.45) is 3.61. The Hall–Kier alpha value is -3.73. The van der Waals surface area contributed by atoms with Crippen LogP contribution in [0.1, 0.15) is 26.2 Å². The fraction of sp³-hybridized carbons (Fsp3) is 0.348. The standard InChI is InChI=1S/C23H28N8O2S/c1-15(32)25-18-13-20(26-17-10-6-5-9-16(17)24)21(33-3)14-19(18)27-28-22-30(2)29-23(34-22)31-11-7-4-8-12-31/h5-6,9-10,13-14H,4,7-8,11-12H2,1-3H3,(H3,24,25,26,27,32)/p+1. The molecular formula is C23H29N8O2S+. The van der Waals surface area contributed by atoms with E-state index in [0.29, 0.717) is 33.6 Å². The number of amides is 1. The van der Waals surface area contributed by atoms with Gasteiger partial charge in [0.1, 0.15) is 18.5 Å². The molecule has 34 heavy (non-hydrogen) atoms. The van der Waals surface area contributed by atoms with Gasteiger partial charge in [-0.1, -0.05) is 17.2 Å². The van der Waals surface area contributed by atoms with E-state index in [1.807, 2.05) is 25.2 Å². The van der Waals surface area contributed by atoms with E-state index >= 15 is 0 Å². The van der Waals surface area contributed by atoms with Gasteiger partial charge in [0.2, 0.25) is 11.0 Å². The third kappa shape index (κ3) is 5.42. The molecule has 2 heterocycles. The summed E-state index contributed by atoms with van der Waals surface area (Å²) < 4.78 is 7.30. The molecule has 4 N–H and O–H groups in total. The average Bonchev–Trinajstić information content (AvgIpc) is 3.20. The molecular weight excluding hydrogens is 452 g/mol. The molecule has 0 bridgehead atoms. The van der Waals surface area contributed by atoms with E-state index in [-0.39, 0.29) is 5.91 Å². The van der Waals surface area contributed by atoms with Crippen molar-refractivity contribution in [1.82, 2.24) is 5.10 Å². The molecule has 1 aliphatic rings. The smallest absolute Gasteiger partial charge is 0.431 e. The van der Waals surface area contributed by atoms with Crippen LogP contribution in [-0.2, 0) is 11.8 Å².